The minimum Gasteiger partial charge on any atom is -0.383 e. The van der Waals surface area contributed by atoms with Crippen LogP contribution in [0.25, 0.3) is 0 Å². The van der Waals surface area contributed by atoms with Crippen molar-refractivity contribution in [1.29, 1.82) is 0 Å². The molecule has 1 aliphatic heterocycles. The van der Waals surface area contributed by atoms with Gasteiger partial charge in [0, 0.05) is 37.5 Å². The molecule has 8 heteroatoms. The van der Waals surface area contributed by atoms with Crippen LogP contribution in [0.3, 0.4) is 0 Å². The van der Waals surface area contributed by atoms with Gasteiger partial charge in [0.25, 0.3) is 11.6 Å². The number of anilines is 1. The number of fused-ring (bicyclic) bond motifs is 1. The Morgan fingerprint density at radius 2 is 1.93 bits per heavy atom. The predicted octanol–water partition coefficient (Wildman–Crippen LogP) is 3.19. The van der Waals surface area contributed by atoms with E-state index in [-0.39, 0.29) is 17.2 Å². The van der Waals surface area contributed by atoms with Gasteiger partial charge in [-0.1, -0.05) is 51.1 Å². The molecular formula is C22H26N4O4. The van der Waals surface area contributed by atoms with Gasteiger partial charge in [-0.15, -0.1) is 0 Å². The van der Waals surface area contributed by atoms with Crippen molar-refractivity contribution in [1.82, 2.24) is 10.2 Å². The first-order chi connectivity index (χ1) is 14.2. The predicted molar refractivity (Wildman–Crippen MR) is 114 cm³/mol. The fraction of sp³-hybridized carbons (Fsp3) is 0.364. The van der Waals surface area contributed by atoms with Crippen molar-refractivity contribution in [2.45, 2.75) is 33.4 Å². The van der Waals surface area contributed by atoms with E-state index in [1.807, 2.05) is 51.1 Å². The molecule has 2 N–H and O–H groups in total. The molecule has 1 atom stereocenters. The standard InChI is InChI=1S/C22H26N4O4/c1-22(2,3)19(20(27)24-14-15-7-5-4-6-8-15)25-12-11-23-18-10-9-16(26(29)30)13-17(18)21(25)28/h4-10,13,19,23H,11-12,14H2,1-3H3,(H,24,27). The van der Waals surface area contributed by atoms with E-state index >= 15 is 0 Å². The van der Waals surface area contributed by atoms with Gasteiger partial charge in [0.2, 0.25) is 5.91 Å². The molecule has 1 heterocycles. The summed E-state index contributed by atoms with van der Waals surface area (Å²) in [5, 5.41) is 17.3. The van der Waals surface area contributed by atoms with E-state index in [0.29, 0.717) is 25.3 Å². The van der Waals surface area contributed by atoms with Gasteiger partial charge in [-0.05, 0) is 17.0 Å². The molecule has 1 aliphatic rings. The molecule has 30 heavy (non-hydrogen) atoms. The topological polar surface area (TPSA) is 105 Å². The van der Waals surface area contributed by atoms with E-state index in [1.54, 1.807) is 0 Å². The van der Waals surface area contributed by atoms with E-state index in [1.165, 1.54) is 23.1 Å². The molecule has 0 spiro atoms. The Morgan fingerprint density at radius 1 is 1.23 bits per heavy atom. The van der Waals surface area contributed by atoms with E-state index in [2.05, 4.69) is 10.6 Å². The third-order valence-electron chi connectivity index (χ3n) is 5.06. The Kier molecular flexibility index (Phi) is 6.05. The fourth-order valence-electron chi connectivity index (χ4n) is 3.67. The zero-order chi connectivity index (χ0) is 21.9. The molecule has 0 saturated carbocycles. The van der Waals surface area contributed by atoms with Crippen LogP contribution in [0.15, 0.2) is 48.5 Å². The second kappa shape index (κ2) is 8.52. The smallest absolute Gasteiger partial charge is 0.270 e. The van der Waals surface area contributed by atoms with Crippen LogP contribution in [0, 0.1) is 15.5 Å². The number of amides is 2. The number of benzene rings is 2. The van der Waals surface area contributed by atoms with Gasteiger partial charge in [0.15, 0.2) is 0 Å². The quantitative estimate of drug-likeness (QED) is 0.582. The number of nitro benzene ring substituents is 1. The van der Waals surface area contributed by atoms with E-state index in [4.69, 9.17) is 0 Å². The lowest BCUT2D eigenvalue weighted by Crippen LogP contribution is -2.56. The number of nitrogens with zero attached hydrogens (tertiary/aromatic N) is 2. The Morgan fingerprint density at radius 3 is 2.57 bits per heavy atom. The highest BCUT2D eigenvalue weighted by atomic mass is 16.6. The number of nitrogens with one attached hydrogen (secondary N) is 2. The zero-order valence-corrected chi connectivity index (χ0v) is 17.3. The summed E-state index contributed by atoms with van der Waals surface area (Å²) in [7, 11) is 0. The lowest BCUT2D eigenvalue weighted by molar-refractivity contribution is -0.384. The summed E-state index contributed by atoms with van der Waals surface area (Å²) < 4.78 is 0. The average Bonchev–Trinajstić information content (AvgIpc) is 2.85. The summed E-state index contributed by atoms with van der Waals surface area (Å²) in [6.07, 6.45) is 0. The van der Waals surface area contributed by atoms with Crippen LogP contribution < -0.4 is 10.6 Å². The highest BCUT2D eigenvalue weighted by Gasteiger charge is 2.40. The van der Waals surface area contributed by atoms with Gasteiger partial charge in [0.05, 0.1) is 10.5 Å². The summed E-state index contributed by atoms with van der Waals surface area (Å²) in [5.74, 6) is -0.651. The van der Waals surface area contributed by atoms with Crippen molar-refractivity contribution in [2.75, 3.05) is 18.4 Å². The summed E-state index contributed by atoms with van der Waals surface area (Å²) in [6.45, 7) is 6.81. The Hall–Kier alpha value is -3.42. The summed E-state index contributed by atoms with van der Waals surface area (Å²) in [4.78, 5) is 38.7. The van der Waals surface area contributed by atoms with Gasteiger partial charge in [-0.3, -0.25) is 19.7 Å². The van der Waals surface area contributed by atoms with Crippen LogP contribution in [0.1, 0.15) is 36.7 Å². The SMILES string of the molecule is CC(C)(C)C(C(=O)NCc1ccccc1)N1CCNc2ccc([N+](=O)[O-])cc2C1=O. The van der Waals surface area contributed by atoms with Gasteiger partial charge >= 0.3 is 0 Å². The fourth-order valence-corrected chi connectivity index (χ4v) is 3.67. The van der Waals surface area contributed by atoms with Crippen LogP contribution in [-0.4, -0.2) is 40.8 Å². The minimum absolute atomic E-state index is 0.161. The maximum absolute atomic E-state index is 13.4. The zero-order valence-electron chi connectivity index (χ0n) is 17.3. The molecule has 0 fully saturated rings. The van der Waals surface area contributed by atoms with Gasteiger partial charge < -0.3 is 15.5 Å². The van der Waals surface area contributed by atoms with Crippen LogP contribution >= 0.6 is 0 Å². The highest BCUT2D eigenvalue weighted by molar-refractivity contribution is 6.03. The number of non-ortho nitro benzene ring substituents is 1. The van der Waals surface area contributed by atoms with Crippen LogP contribution in [0.5, 0.6) is 0 Å². The number of hydrogen-bond acceptors (Lipinski definition) is 5. The maximum Gasteiger partial charge on any atom is 0.270 e. The maximum atomic E-state index is 13.4. The van der Waals surface area contributed by atoms with Gasteiger partial charge in [-0.2, -0.15) is 0 Å². The van der Waals surface area contributed by atoms with Gasteiger partial charge in [0.1, 0.15) is 6.04 Å². The monoisotopic (exact) mass is 410 g/mol. The first-order valence-electron chi connectivity index (χ1n) is 9.83. The number of carbonyl (C=O) groups is 2. The average molecular weight is 410 g/mol. The molecule has 2 amide bonds. The third-order valence-corrected chi connectivity index (χ3v) is 5.06. The molecule has 1 unspecified atom stereocenters. The summed E-state index contributed by atoms with van der Waals surface area (Å²) in [5.41, 5.74) is 0.994. The Labute approximate surface area is 175 Å². The number of carbonyl (C=O) groups excluding carboxylic acids is 2. The molecular weight excluding hydrogens is 384 g/mol. The molecule has 0 aliphatic carbocycles. The Balaban J connectivity index is 1.90. The minimum atomic E-state index is -0.735. The molecule has 0 radical (unpaired) electrons. The van der Waals surface area contributed by atoms with Crippen molar-refractivity contribution < 1.29 is 14.5 Å². The third kappa shape index (κ3) is 4.59. The second-order valence-corrected chi connectivity index (χ2v) is 8.38. The molecule has 0 aromatic heterocycles. The van der Waals surface area contributed by atoms with Crippen LogP contribution in [0.2, 0.25) is 0 Å². The lowest BCUT2D eigenvalue weighted by atomic mass is 9.84. The molecule has 3 rings (SSSR count). The van der Waals surface area contributed by atoms with Gasteiger partial charge in [-0.25, -0.2) is 0 Å². The molecule has 2 aromatic rings. The lowest BCUT2D eigenvalue weighted by Gasteiger charge is -2.38. The van der Waals surface area contributed by atoms with Crippen molar-refractivity contribution in [3.05, 3.63) is 69.8 Å². The van der Waals surface area contributed by atoms with Crippen LogP contribution in [-0.2, 0) is 11.3 Å². The van der Waals surface area contributed by atoms with E-state index < -0.39 is 22.3 Å². The van der Waals surface area contributed by atoms with Crippen molar-refractivity contribution in [2.24, 2.45) is 5.41 Å². The number of nitro groups is 1. The molecule has 0 bridgehead atoms. The first kappa shape index (κ1) is 21.3. The summed E-state index contributed by atoms with van der Waals surface area (Å²) >= 11 is 0. The van der Waals surface area contributed by atoms with Crippen molar-refractivity contribution in [3.63, 3.8) is 0 Å². The number of hydrogen-bond donors (Lipinski definition) is 2. The normalized spacial score (nSPS) is 14.9. The number of rotatable bonds is 5. The molecule has 8 nitrogen and oxygen atoms in total. The molecule has 0 saturated heterocycles. The largest absolute Gasteiger partial charge is 0.383 e. The molecule has 2 aromatic carbocycles. The highest BCUT2D eigenvalue weighted by Crippen LogP contribution is 2.31. The van der Waals surface area contributed by atoms with Crippen LogP contribution in [0.4, 0.5) is 11.4 Å². The summed E-state index contributed by atoms with van der Waals surface area (Å²) in [6, 6.07) is 13.0. The van der Waals surface area contributed by atoms with Crippen molar-refractivity contribution >= 4 is 23.2 Å². The second-order valence-electron chi connectivity index (χ2n) is 8.38. The van der Waals surface area contributed by atoms with Crippen molar-refractivity contribution in [3.8, 4) is 0 Å². The van der Waals surface area contributed by atoms with E-state index in [0.717, 1.165) is 5.56 Å². The Bertz CT molecular complexity index is 953. The first-order valence-corrected chi connectivity index (χ1v) is 9.83. The molecule has 158 valence electrons. The van der Waals surface area contributed by atoms with E-state index in [9.17, 15) is 19.7 Å².